The van der Waals surface area contributed by atoms with Crippen LogP contribution in [0.3, 0.4) is 0 Å². The molecule has 0 heterocycles. The summed E-state index contributed by atoms with van der Waals surface area (Å²) in [6.45, 7) is 0. The summed E-state index contributed by atoms with van der Waals surface area (Å²) in [5.41, 5.74) is 1.65. The number of nitriles is 1. The number of hydrogen-bond donors (Lipinski definition) is 2. The summed E-state index contributed by atoms with van der Waals surface area (Å²) in [5.74, 6) is -1.22. The van der Waals surface area contributed by atoms with Crippen molar-refractivity contribution in [3.63, 3.8) is 0 Å². The van der Waals surface area contributed by atoms with E-state index in [2.05, 4.69) is 5.32 Å². The molecule has 17 heavy (non-hydrogen) atoms. The second-order valence-electron chi connectivity index (χ2n) is 3.23. The average Bonchev–Trinajstić information content (AvgIpc) is 2.35. The number of allylic oxidation sites excluding steroid dienone is 2. The molecule has 0 atom stereocenters. The standard InChI is InChI=1S/C13H12N2O2/c1-15-12-7-5-10(6-8-12)3-2-4-11(9-14)13(16)17/h2-8,15H,1H3,(H,16,17). The first kappa shape index (κ1) is 12.5. The number of aliphatic carboxylic acids is 1. The number of nitrogens with one attached hydrogen (secondary N) is 1. The third-order valence-electron chi connectivity index (χ3n) is 2.10. The smallest absolute Gasteiger partial charge is 0.346 e. The first-order valence-corrected chi connectivity index (χ1v) is 4.97. The molecule has 0 aliphatic heterocycles. The Labute approximate surface area is 99.5 Å². The van der Waals surface area contributed by atoms with Crippen molar-refractivity contribution in [2.24, 2.45) is 0 Å². The molecule has 0 spiro atoms. The number of hydrogen-bond acceptors (Lipinski definition) is 3. The molecule has 0 amide bonds. The van der Waals surface area contributed by atoms with Crippen LogP contribution in [0.15, 0.2) is 42.0 Å². The fraction of sp³-hybridized carbons (Fsp3) is 0.0769. The van der Waals surface area contributed by atoms with E-state index >= 15 is 0 Å². The van der Waals surface area contributed by atoms with Gasteiger partial charge in [-0.1, -0.05) is 24.3 Å². The molecule has 0 saturated heterocycles. The first-order chi connectivity index (χ1) is 8.17. The lowest BCUT2D eigenvalue weighted by Gasteiger charge is -1.98. The maximum absolute atomic E-state index is 10.5. The molecule has 4 heteroatoms. The normalized spacial score (nSPS) is 11.2. The Morgan fingerprint density at radius 3 is 2.53 bits per heavy atom. The van der Waals surface area contributed by atoms with Crippen molar-refractivity contribution in [3.8, 4) is 6.07 Å². The van der Waals surface area contributed by atoms with Gasteiger partial charge in [0.15, 0.2) is 0 Å². The number of carboxylic acids is 1. The van der Waals surface area contributed by atoms with E-state index in [0.29, 0.717) is 0 Å². The lowest BCUT2D eigenvalue weighted by Crippen LogP contribution is -1.96. The van der Waals surface area contributed by atoms with Gasteiger partial charge in [-0.15, -0.1) is 0 Å². The summed E-state index contributed by atoms with van der Waals surface area (Å²) < 4.78 is 0. The fourth-order valence-corrected chi connectivity index (χ4v) is 1.17. The molecule has 0 fully saturated rings. The minimum absolute atomic E-state index is 0.284. The molecule has 0 saturated carbocycles. The maximum Gasteiger partial charge on any atom is 0.346 e. The summed E-state index contributed by atoms with van der Waals surface area (Å²) in [6.07, 6.45) is 4.55. The molecule has 0 bridgehead atoms. The Kier molecular flexibility index (Phi) is 4.52. The summed E-state index contributed by atoms with van der Waals surface area (Å²) in [4.78, 5) is 10.5. The van der Waals surface area contributed by atoms with Crippen LogP contribution < -0.4 is 5.32 Å². The third-order valence-corrected chi connectivity index (χ3v) is 2.10. The van der Waals surface area contributed by atoms with E-state index in [0.717, 1.165) is 11.3 Å². The van der Waals surface area contributed by atoms with E-state index in [9.17, 15) is 4.79 Å². The van der Waals surface area contributed by atoms with Gasteiger partial charge in [0.25, 0.3) is 0 Å². The molecule has 4 nitrogen and oxygen atoms in total. The van der Waals surface area contributed by atoms with Crippen LogP contribution in [0.4, 0.5) is 5.69 Å². The number of rotatable bonds is 4. The topological polar surface area (TPSA) is 73.1 Å². The Balaban J connectivity index is 2.77. The van der Waals surface area contributed by atoms with Gasteiger partial charge in [-0.05, 0) is 23.8 Å². The van der Waals surface area contributed by atoms with Crippen molar-refractivity contribution in [1.82, 2.24) is 0 Å². The van der Waals surface area contributed by atoms with Crippen LogP contribution in [0.25, 0.3) is 6.08 Å². The Hall–Kier alpha value is -2.54. The number of carboxylic acid groups (broad SMARTS) is 1. The monoisotopic (exact) mass is 228 g/mol. The molecular formula is C13H12N2O2. The number of benzene rings is 1. The van der Waals surface area contributed by atoms with E-state index < -0.39 is 5.97 Å². The maximum atomic E-state index is 10.5. The van der Waals surface area contributed by atoms with Crippen molar-refractivity contribution in [1.29, 1.82) is 5.26 Å². The van der Waals surface area contributed by atoms with Gasteiger partial charge in [0.1, 0.15) is 11.6 Å². The number of carbonyl (C=O) groups is 1. The highest BCUT2D eigenvalue weighted by Crippen LogP contribution is 2.10. The van der Waals surface area contributed by atoms with Crippen molar-refractivity contribution >= 4 is 17.7 Å². The third kappa shape index (κ3) is 3.84. The van der Waals surface area contributed by atoms with Crippen molar-refractivity contribution in [3.05, 3.63) is 47.6 Å². The predicted octanol–water partition coefficient (Wildman–Crippen LogP) is 2.28. The molecule has 2 N–H and O–H groups in total. The van der Waals surface area contributed by atoms with Gasteiger partial charge < -0.3 is 10.4 Å². The molecule has 1 rings (SSSR count). The van der Waals surface area contributed by atoms with Crippen LogP contribution in [-0.2, 0) is 4.79 Å². The molecule has 0 aliphatic carbocycles. The molecular weight excluding hydrogens is 216 g/mol. The summed E-state index contributed by atoms with van der Waals surface area (Å²) in [5, 5.41) is 20.1. The van der Waals surface area contributed by atoms with Gasteiger partial charge in [-0.3, -0.25) is 0 Å². The van der Waals surface area contributed by atoms with Crippen LogP contribution in [0.5, 0.6) is 0 Å². The largest absolute Gasteiger partial charge is 0.477 e. The zero-order valence-corrected chi connectivity index (χ0v) is 9.34. The van der Waals surface area contributed by atoms with Crippen LogP contribution >= 0.6 is 0 Å². The van der Waals surface area contributed by atoms with E-state index in [-0.39, 0.29) is 5.57 Å². The molecule has 0 radical (unpaired) electrons. The van der Waals surface area contributed by atoms with Gasteiger partial charge in [0.2, 0.25) is 0 Å². The molecule has 1 aromatic carbocycles. The van der Waals surface area contributed by atoms with Crippen molar-refractivity contribution in [2.75, 3.05) is 12.4 Å². The minimum atomic E-state index is -1.22. The zero-order chi connectivity index (χ0) is 12.7. The Morgan fingerprint density at radius 2 is 2.06 bits per heavy atom. The van der Waals surface area contributed by atoms with Gasteiger partial charge in [0, 0.05) is 12.7 Å². The minimum Gasteiger partial charge on any atom is -0.477 e. The van der Waals surface area contributed by atoms with Gasteiger partial charge in [-0.25, -0.2) is 4.79 Å². The van der Waals surface area contributed by atoms with E-state index in [1.54, 1.807) is 18.2 Å². The van der Waals surface area contributed by atoms with E-state index in [4.69, 9.17) is 10.4 Å². The van der Waals surface area contributed by atoms with Crippen LogP contribution in [0.1, 0.15) is 5.56 Å². The first-order valence-electron chi connectivity index (χ1n) is 4.97. The van der Waals surface area contributed by atoms with Crippen molar-refractivity contribution < 1.29 is 9.90 Å². The van der Waals surface area contributed by atoms with Crippen LogP contribution in [0.2, 0.25) is 0 Å². The second-order valence-corrected chi connectivity index (χ2v) is 3.23. The average molecular weight is 228 g/mol. The lowest BCUT2D eigenvalue weighted by molar-refractivity contribution is -0.132. The highest BCUT2D eigenvalue weighted by Gasteiger charge is 2.02. The fourth-order valence-electron chi connectivity index (χ4n) is 1.17. The summed E-state index contributed by atoms with van der Waals surface area (Å²) in [7, 11) is 1.83. The van der Waals surface area contributed by atoms with E-state index in [1.807, 2.05) is 31.3 Å². The second kappa shape index (κ2) is 6.13. The predicted molar refractivity (Wildman–Crippen MR) is 66.4 cm³/mol. The van der Waals surface area contributed by atoms with Crippen LogP contribution in [0, 0.1) is 11.3 Å². The van der Waals surface area contributed by atoms with Crippen LogP contribution in [-0.4, -0.2) is 18.1 Å². The molecule has 0 aliphatic rings. The molecule has 1 aromatic rings. The highest BCUT2D eigenvalue weighted by molar-refractivity contribution is 5.91. The highest BCUT2D eigenvalue weighted by atomic mass is 16.4. The summed E-state index contributed by atoms with van der Waals surface area (Å²) in [6, 6.07) is 9.21. The zero-order valence-electron chi connectivity index (χ0n) is 9.34. The van der Waals surface area contributed by atoms with Gasteiger partial charge >= 0.3 is 5.97 Å². The van der Waals surface area contributed by atoms with Crippen molar-refractivity contribution in [2.45, 2.75) is 0 Å². The number of anilines is 1. The molecule has 0 aromatic heterocycles. The van der Waals surface area contributed by atoms with Gasteiger partial charge in [0.05, 0.1) is 0 Å². The quantitative estimate of drug-likeness (QED) is 0.471. The number of nitrogens with zero attached hydrogens (tertiary/aromatic N) is 1. The molecule has 0 unspecified atom stereocenters. The molecule has 86 valence electrons. The summed E-state index contributed by atoms with van der Waals surface area (Å²) >= 11 is 0. The van der Waals surface area contributed by atoms with Gasteiger partial charge in [-0.2, -0.15) is 5.26 Å². The van der Waals surface area contributed by atoms with E-state index in [1.165, 1.54) is 6.08 Å². The lowest BCUT2D eigenvalue weighted by atomic mass is 10.2. The Bertz CT molecular complexity index is 493. The Morgan fingerprint density at radius 1 is 1.41 bits per heavy atom. The SMILES string of the molecule is CNc1ccc(C=CC=C(C#N)C(=O)O)cc1.